The van der Waals surface area contributed by atoms with Gasteiger partial charge in [-0.3, -0.25) is 9.59 Å². The van der Waals surface area contributed by atoms with Gasteiger partial charge in [0.05, 0.1) is 4.88 Å². The van der Waals surface area contributed by atoms with Gasteiger partial charge >= 0.3 is 0 Å². The lowest BCUT2D eigenvalue weighted by Crippen LogP contribution is -2.40. The Morgan fingerprint density at radius 2 is 1.83 bits per heavy atom. The highest BCUT2D eigenvalue weighted by atomic mass is 32.1. The van der Waals surface area contributed by atoms with Crippen LogP contribution in [-0.2, 0) is 17.6 Å². The Balaban J connectivity index is 1.61. The van der Waals surface area contributed by atoms with Crippen molar-refractivity contribution in [2.45, 2.75) is 63.8 Å². The van der Waals surface area contributed by atoms with Crippen LogP contribution in [0.1, 0.15) is 65.1 Å². The van der Waals surface area contributed by atoms with Gasteiger partial charge in [-0.15, -0.1) is 11.3 Å². The standard InChI is InChI=1S/C19H28N2O2S/c1-21(2)19(23)17-12-14-11-13(9-10-16(14)24-17)18(22)20-15-7-5-3-4-6-8-15/h12-13,15H,3-11H2,1-2H3,(H,20,22)/t13-/m1/s1. The van der Waals surface area contributed by atoms with Crippen LogP contribution in [-0.4, -0.2) is 36.9 Å². The van der Waals surface area contributed by atoms with E-state index in [1.807, 2.05) is 6.07 Å². The molecule has 2 aliphatic rings. The fraction of sp³-hybridized carbons (Fsp3) is 0.684. The molecule has 1 heterocycles. The van der Waals surface area contributed by atoms with Crippen LogP contribution < -0.4 is 5.32 Å². The van der Waals surface area contributed by atoms with Crippen molar-refractivity contribution in [3.05, 3.63) is 21.4 Å². The van der Waals surface area contributed by atoms with Crippen LogP contribution in [0.2, 0.25) is 0 Å². The average Bonchev–Trinajstić information content (AvgIpc) is 2.82. The van der Waals surface area contributed by atoms with E-state index in [9.17, 15) is 9.59 Å². The van der Waals surface area contributed by atoms with Crippen molar-refractivity contribution < 1.29 is 9.59 Å². The zero-order chi connectivity index (χ0) is 17.1. The highest BCUT2D eigenvalue weighted by molar-refractivity contribution is 7.14. The van der Waals surface area contributed by atoms with Gasteiger partial charge < -0.3 is 10.2 Å². The molecule has 0 aromatic carbocycles. The minimum absolute atomic E-state index is 0.0638. The predicted octanol–water partition coefficient (Wildman–Crippen LogP) is 3.39. The van der Waals surface area contributed by atoms with Crippen LogP contribution in [0.25, 0.3) is 0 Å². The van der Waals surface area contributed by atoms with E-state index in [1.165, 1.54) is 36.1 Å². The molecule has 1 saturated carbocycles. The number of carbonyl (C=O) groups is 2. The molecule has 0 saturated heterocycles. The Bertz CT molecular complexity index is 601. The van der Waals surface area contributed by atoms with Crippen molar-refractivity contribution in [1.29, 1.82) is 0 Å². The third kappa shape index (κ3) is 4.00. The van der Waals surface area contributed by atoms with E-state index in [1.54, 1.807) is 30.3 Å². The first-order valence-electron chi connectivity index (χ1n) is 9.18. The van der Waals surface area contributed by atoms with Gasteiger partial charge in [-0.05, 0) is 43.7 Å². The number of hydrogen-bond acceptors (Lipinski definition) is 3. The molecule has 3 rings (SSSR count). The smallest absolute Gasteiger partial charge is 0.263 e. The lowest BCUT2D eigenvalue weighted by Gasteiger charge is -2.24. The van der Waals surface area contributed by atoms with Crippen LogP contribution in [0.15, 0.2) is 6.07 Å². The molecule has 1 aromatic rings. The Labute approximate surface area is 148 Å². The van der Waals surface area contributed by atoms with Gasteiger partial charge in [-0.1, -0.05) is 25.7 Å². The molecule has 5 heteroatoms. The molecule has 4 nitrogen and oxygen atoms in total. The summed E-state index contributed by atoms with van der Waals surface area (Å²) in [4.78, 5) is 28.5. The third-order valence-electron chi connectivity index (χ3n) is 5.27. The highest BCUT2D eigenvalue weighted by Gasteiger charge is 2.29. The van der Waals surface area contributed by atoms with Gasteiger partial charge in [0.2, 0.25) is 5.91 Å². The van der Waals surface area contributed by atoms with Crippen LogP contribution in [0.5, 0.6) is 0 Å². The monoisotopic (exact) mass is 348 g/mol. The fourth-order valence-corrected chi connectivity index (χ4v) is 5.05. The van der Waals surface area contributed by atoms with Crippen molar-refractivity contribution in [2.24, 2.45) is 5.92 Å². The Morgan fingerprint density at radius 3 is 2.50 bits per heavy atom. The van der Waals surface area contributed by atoms with E-state index in [-0.39, 0.29) is 17.7 Å². The molecule has 0 spiro atoms. The second-order valence-corrected chi connectivity index (χ2v) is 8.53. The summed E-state index contributed by atoms with van der Waals surface area (Å²) in [5.74, 6) is 0.353. The summed E-state index contributed by atoms with van der Waals surface area (Å²) in [6.45, 7) is 0. The predicted molar refractivity (Wildman–Crippen MR) is 97.5 cm³/mol. The number of carbonyl (C=O) groups excluding carboxylic acids is 2. The number of fused-ring (bicyclic) bond motifs is 1. The summed E-state index contributed by atoms with van der Waals surface area (Å²) in [6.07, 6.45) is 9.94. The van der Waals surface area contributed by atoms with Crippen LogP contribution in [0.3, 0.4) is 0 Å². The number of nitrogens with zero attached hydrogens (tertiary/aromatic N) is 1. The molecule has 0 aliphatic heterocycles. The van der Waals surface area contributed by atoms with Crippen molar-refractivity contribution in [2.75, 3.05) is 14.1 Å². The SMILES string of the molecule is CN(C)C(=O)c1cc2c(s1)CC[C@@H](C(=O)NC1CCCCCC1)C2. The van der Waals surface area contributed by atoms with Gasteiger partial charge in [0.25, 0.3) is 5.91 Å². The van der Waals surface area contributed by atoms with Gasteiger partial charge in [0.15, 0.2) is 0 Å². The Hall–Kier alpha value is -1.36. The Morgan fingerprint density at radius 1 is 1.12 bits per heavy atom. The largest absolute Gasteiger partial charge is 0.353 e. The Kier molecular flexibility index (Phi) is 5.59. The molecule has 1 aromatic heterocycles. The van der Waals surface area contributed by atoms with Crippen molar-refractivity contribution >= 4 is 23.2 Å². The molecule has 0 bridgehead atoms. The summed E-state index contributed by atoms with van der Waals surface area (Å²) in [7, 11) is 3.56. The van der Waals surface area contributed by atoms with E-state index in [2.05, 4.69) is 5.32 Å². The van der Waals surface area contributed by atoms with E-state index in [0.29, 0.717) is 6.04 Å². The summed E-state index contributed by atoms with van der Waals surface area (Å²) in [5.41, 5.74) is 1.21. The van der Waals surface area contributed by atoms with Crippen LogP contribution >= 0.6 is 11.3 Å². The molecule has 1 N–H and O–H groups in total. The fourth-order valence-electron chi connectivity index (χ4n) is 3.82. The zero-order valence-corrected chi connectivity index (χ0v) is 15.6. The summed E-state index contributed by atoms with van der Waals surface area (Å²) in [5, 5.41) is 3.30. The maximum Gasteiger partial charge on any atom is 0.263 e. The normalized spacial score (nSPS) is 21.7. The van der Waals surface area contributed by atoms with Gasteiger partial charge in [0, 0.05) is 30.9 Å². The maximum absolute atomic E-state index is 12.7. The molecule has 0 unspecified atom stereocenters. The molecular formula is C19H28N2O2S. The molecular weight excluding hydrogens is 320 g/mol. The number of thiophene rings is 1. The molecule has 0 radical (unpaired) electrons. The molecule has 2 amide bonds. The molecule has 1 fully saturated rings. The van der Waals surface area contributed by atoms with E-state index >= 15 is 0 Å². The van der Waals surface area contributed by atoms with Crippen molar-refractivity contribution in [3.63, 3.8) is 0 Å². The number of hydrogen-bond donors (Lipinski definition) is 1. The van der Waals surface area contributed by atoms with E-state index in [0.717, 1.165) is 37.0 Å². The number of amides is 2. The van der Waals surface area contributed by atoms with Gasteiger partial charge in [0.1, 0.15) is 0 Å². The minimum atomic E-state index is 0.0638. The first-order valence-corrected chi connectivity index (χ1v) is 10.00. The van der Waals surface area contributed by atoms with Gasteiger partial charge in [-0.2, -0.15) is 0 Å². The molecule has 132 valence electrons. The second-order valence-electron chi connectivity index (χ2n) is 7.40. The lowest BCUT2D eigenvalue weighted by atomic mass is 9.87. The summed E-state index contributed by atoms with van der Waals surface area (Å²) >= 11 is 1.60. The van der Waals surface area contributed by atoms with E-state index in [4.69, 9.17) is 0 Å². The van der Waals surface area contributed by atoms with E-state index < -0.39 is 0 Å². The molecule has 2 aliphatic carbocycles. The van der Waals surface area contributed by atoms with Crippen molar-refractivity contribution in [1.82, 2.24) is 10.2 Å². The van der Waals surface area contributed by atoms with Gasteiger partial charge in [-0.25, -0.2) is 0 Å². The maximum atomic E-state index is 12.7. The topological polar surface area (TPSA) is 49.4 Å². The average molecular weight is 349 g/mol. The highest BCUT2D eigenvalue weighted by Crippen LogP contribution is 2.33. The quantitative estimate of drug-likeness (QED) is 0.851. The summed E-state index contributed by atoms with van der Waals surface area (Å²) < 4.78 is 0. The summed E-state index contributed by atoms with van der Waals surface area (Å²) in [6, 6.07) is 2.38. The third-order valence-corrected chi connectivity index (χ3v) is 6.50. The minimum Gasteiger partial charge on any atom is -0.353 e. The number of nitrogens with one attached hydrogen (secondary N) is 1. The number of aryl methyl sites for hydroxylation is 1. The van der Waals surface area contributed by atoms with Crippen LogP contribution in [0.4, 0.5) is 0 Å². The lowest BCUT2D eigenvalue weighted by molar-refractivity contribution is -0.126. The second kappa shape index (κ2) is 7.68. The molecule has 24 heavy (non-hydrogen) atoms. The number of rotatable bonds is 3. The van der Waals surface area contributed by atoms with Crippen molar-refractivity contribution in [3.8, 4) is 0 Å². The molecule has 1 atom stereocenters. The first kappa shape index (κ1) is 17.5. The zero-order valence-electron chi connectivity index (χ0n) is 14.8. The van der Waals surface area contributed by atoms with Crippen LogP contribution in [0, 0.1) is 5.92 Å². The first-order chi connectivity index (χ1) is 11.5.